The highest BCUT2D eigenvalue weighted by molar-refractivity contribution is 7.80. The molecule has 1 fully saturated rings. The number of carbonyl (C=O) groups excluding carboxylic acids is 1. The minimum absolute atomic E-state index is 0.132. The van der Waals surface area contributed by atoms with Crippen LogP contribution in [-0.2, 0) is 4.79 Å². The molecule has 1 aliphatic heterocycles. The molecule has 8 heteroatoms. The van der Waals surface area contributed by atoms with E-state index >= 15 is 0 Å². The van der Waals surface area contributed by atoms with Gasteiger partial charge in [-0.3, -0.25) is 9.69 Å². The van der Waals surface area contributed by atoms with Gasteiger partial charge in [-0.25, -0.2) is 0 Å². The second kappa shape index (κ2) is 7.71. The van der Waals surface area contributed by atoms with E-state index in [1.54, 1.807) is 24.3 Å². The Morgan fingerprint density at radius 2 is 1.89 bits per heavy atom. The summed E-state index contributed by atoms with van der Waals surface area (Å²) in [6, 6.07) is 11.9. The number of anilines is 1. The van der Waals surface area contributed by atoms with Crippen LogP contribution in [0.15, 0.2) is 48.2 Å². The third kappa shape index (κ3) is 3.90. The molecule has 1 saturated heterocycles. The number of ether oxygens (including phenoxy) is 2. The van der Waals surface area contributed by atoms with Crippen molar-refractivity contribution < 1.29 is 23.0 Å². The maximum atomic E-state index is 12.8. The minimum atomic E-state index is -3.03. The van der Waals surface area contributed by atoms with Crippen molar-refractivity contribution in [3.05, 3.63) is 59.3 Å². The van der Waals surface area contributed by atoms with Crippen molar-refractivity contribution in [2.75, 3.05) is 12.0 Å². The summed E-state index contributed by atoms with van der Waals surface area (Å²) in [5, 5.41) is 3.02. The zero-order chi connectivity index (χ0) is 19.6. The SMILES string of the molecule is COc1cccc(/C=C2\NC(=S)N(c3ccc(C)cc3)C2=O)c1OC(F)F. The summed E-state index contributed by atoms with van der Waals surface area (Å²) in [5.74, 6) is -0.417. The lowest BCUT2D eigenvalue weighted by molar-refractivity contribution is -0.113. The first-order valence-corrected chi connectivity index (χ1v) is 8.37. The van der Waals surface area contributed by atoms with Gasteiger partial charge >= 0.3 is 6.61 Å². The van der Waals surface area contributed by atoms with Crippen molar-refractivity contribution in [3.8, 4) is 11.5 Å². The summed E-state index contributed by atoms with van der Waals surface area (Å²) >= 11 is 5.25. The minimum Gasteiger partial charge on any atom is -0.493 e. The summed E-state index contributed by atoms with van der Waals surface area (Å²) < 4.78 is 35.2. The molecule has 0 saturated carbocycles. The average Bonchev–Trinajstić information content (AvgIpc) is 2.90. The van der Waals surface area contributed by atoms with Crippen molar-refractivity contribution >= 4 is 35.0 Å². The molecular weight excluding hydrogens is 374 g/mol. The fourth-order valence-electron chi connectivity index (χ4n) is 2.64. The molecule has 0 bridgehead atoms. The van der Waals surface area contributed by atoms with E-state index in [1.807, 2.05) is 19.1 Å². The van der Waals surface area contributed by atoms with Crippen LogP contribution < -0.4 is 19.7 Å². The number of nitrogens with zero attached hydrogens (tertiary/aromatic N) is 1. The number of amides is 1. The number of nitrogens with one attached hydrogen (secondary N) is 1. The topological polar surface area (TPSA) is 50.8 Å². The van der Waals surface area contributed by atoms with Crippen molar-refractivity contribution in [2.45, 2.75) is 13.5 Å². The largest absolute Gasteiger partial charge is 0.493 e. The quantitative estimate of drug-likeness (QED) is 0.621. The molecule has 5 nitrogen and oxygen atoms in total. The zero-order valence-corrected chi connectivity index (χ0v) is 15.3. The Morgan fingerprint density at radius 3 is 2.52 bits per heavy atom. The number of benzene rings is 2. The zero-order valence-electron chi connectivity index (χ0n) is 14.5. The van der Waals surface area contributed by atoms with Crippen LogP contribution in [0.3, 0.4) is 0 Å². The summed E-state index contributed by atoms with van der Waals surface area (Å²) in [5.41, 5.74) is 2.07. The van der Waals surface area contributed by atoms with Crippen LogP contribution in [0, 0.1) is 6.92 Å². The molecule has 1 N–H and O–H groups in total. The first kappa shape index (κ1) is 18.8. The van der Waals surface area contributed by atoms with Crippen LogP contribution in [0.2, 0.25) is 0 Å². The summed E-state index contributed by atoms with van der Waals surface area (Å²) in [4.78, 5) is 14.1. The van der Waals surface area contributed by atoms with Gasteiger partial charge in [0.1, 0.15) is 5.70 Å². The van der Waals surface area contributed by atoms with Crippen LogP contribution in [0.25, 0.3) is 6.08 Å². The van der Waals surface area contributed by atoms with Gasteiger partial charge in [0.15, 0.2) is 16.6 Å². The first-order chi connectivity index (χ1) is 12.9. The lowest BCUT2D eigenvalue weighted by Crippen LogP contribution is -2.30. The van der Waals surface area contributed by atoms with Gasteiger partial charge in [-0.05, 0) is 43.4 Å². The van der Waals surface area contributed by atoms with E-state index < -0.39 is 12.5 Å². The maximum Gasteiger partial charge on any atom is 0.387 e. The Morgan fingerprint density at radius 1 is 1.19 bits per heavy atom. The Hall–Kier alpha value is -3.00. The number of hydrogen-bond acceptors (Lipinski definition) is 4. The van der Waals surface area contributed by atoms with Crippen LogP contribution in [0.5, 0.6) is 11.5 Å². The number of para-hydroxylation sites is 1. The van der Waals surface area contributed by atoms with Crippen LogP contribution in [-0.4, -0.2) is 24.7 Å². The number of methoxy groups -OCH3 is 1. The molecule has 0 atom stereocenters. The standard InChI is InChI=1S/C19H16F2N2O3S/c1-11-6-8-13(9-7-11)23-17(24)14(22-19(23)27)10-12-4-3-5-15(25-2)16(12)26-18(20)21/h3-10,18H,1-2H3,(H,22,27)/b14-10-. The van der Waals surface area contributed by atoms with E-state index in [-0.39, 0.29) is 27.9 Å². The number of carbonyl (C=O) groups is 1. The molecule has 27 heavy (non-hydrogen) atoms. The van der Waals surface area contributed by atoms with E-state index in [4.69, 9.17) is 17.0 Å². The number of alkyl halides is 2. The molecule has 2 aromatic carbocycles. The normalized spacial score (nSPS) is 15.4. The maximum absolute atomic E-state index is 12.8. The average molecular weight is 390 g/mol. The van der Waals surface area contributed by atoms with Gasteiger partial charge in [-0.15, -0.1) is 0 Å². The third-order valence-corrected chi connectivity index (χ3v) is 4.19. The van der Waals surface area contributed by atoms with Crippen LogP contribution in [0.1, 0.15) is 11.1 Å². The van der Waals surface area contributed by atoms with Crippen molar-refractivity contribution in [3.63, 3.8) is 0 Å². The molecule has 2 aromatic rings. The molecule has 3 rings (SSSR count). The Labute approximate surface area is 160 Å². The molecule has 0 radical (unpaired) electrons. The number of halogens is 2. The van der Waals surface area contributed by atoms with Gasteiger partial charge in [0, 0.05) is 5.56 Å². The van der Waals surface area contributed by atoms with E-state index in [9.17, 15) is 13.6 Å². The molecular formula is C19H16F2N2O3S. The fourth-order valence-corrected chi connectivity index (χ4v) is 2.94. The summed E-state index contributed by atoms with van der Waals surface area (Å²) in [6.07, 6.45) is 1.41. The van der Waals surface area contributed by atoms with Gasteiger partial charge < -0.3 is 14.8 Å². The van der Waals surface area contributed by atoms with Crippen molar-refractivity contribution in [1.29, 1.82) is 0 Å². The van der Waals surface area contributed by atoms with E-state index in [0.29, 0.717) is 5.69 Å². The molecule has 0 spiro atoms. The Balaban J connectivity index is 1.98. The van der Waals surface area contributed by atoms with Gasteiger partial charge in [-0.1, -0.05) is 29.8 Å². The van der Waals surface area contributed by atoms with E-state index in [0.717, 1.165) is 5.56 Å². The monoisotopic (exact) mass is 390 g/mol. The second-order valence-corrected chi connectivity index (χ2v) is 6.11. The Bertz CT molecular complexity index is 914. The highest BCUT2D eigenvalue weighted by atomic mass is 32.1. The highest BCUT2D eigenvalue weighted by Gasteiger charge is 2.32. The molecule has 0 unspecified atom stereocenters. The lowest BCUT2D eigenvalue weighted by Gasteiger charge is -2.14. The molecule has 140 valence electrons. The predicted molar refractivity (Wildman–Crippen MR) is 102 cm³/mol. The fraction of sp³-hybridized carbons (Fsp3) is 0.158. The first-order valence-electron chi connectivity index (χ1n) is 7.96. The van der Waals surface area contributed by atoms with Gasteiger partial charge in [-0.2, -0.15) is 8.78 Å². The summed E-state index contributed by atoms with van der Waals surface area (Å²) in [6.45, 7) is -1.10. The predicted octanol–water partition coefficient (Wildman–Crippen LogP) is 3.87. The van der Waals surface area contributed by atoms with Crippen LogP contribution in [0.4, 0.5) is 14.5 Å². The van der Waals surface area contributed by atoms with E-state index in [1.165, 1.54) is 24.2 Å². The molecule has 0 aromatic heterocycles. The van der Waals surface area contributed by atoms with Gasteiger partial charge in [0.2, 0.25) is 0 Å². The highest BCUT2D eigenvalue weighted by Crippen LogP contribution is 2.34. The van der Waals surface area contributed by atoms with Gasteiger partial charge in [0.25, 0.3) is 5.91 Å². The lowest BCUT2D eigenvalue weighted by atomic mass is 10.1. The number of rotatable bonds is 5. The number of aryl methyl sites for hydroxylation is 1. The Kier molecular flexibility index (Phi) is 5.36. The van der Waals surface area contributed by atoms with E-state index in [2.05, 4.69) is 10.1 Å². The smallest absolute Gasteiger partial charge is 0.387 e. The van der Waals surface area contributed by atoms with Crippen molar-refractivity contribution in [2.24, 2.45) is 0 Å². The molecule has 0 aliphatic carbocycles. The van der Waals surface area contributed by atoms with Crippen LogP contribution >= 0.6 is 12.2 Å². The number of hydrogen-bond donors (Lipinski definition) is 1. The third-order valence-electron chi connectivity index (χ3n) is 3.91. The number of thiocarbonyl (C=S) groups is 1. The molecule has 1 aliphatic rings. The van der Waals surface area contributed by atoms with Crippen molar-refractivity contribution in [1.82, 2.24) is 5.32 Å². The molecule has 1 heterocycles. The summed E-state index contributed by atoms with van der Waals surface area (Å²) in [7, 11) is 1.35. The molecule has 1 amide bonds. The van der Waals surface area contributed by atoms with Gasteiger partial charge in [0.05, 0.1) is 12.8 Å². The second-order valence-electron chi connectivity index (χ2n) is 5.72.